The topological polar surface area (TPSA) is 75.4 Å². The minimum Gasteiger partial charge on any atom is -0.352 e. The molecule has 1 unspecified atom stereocenters. The molecule has 19 heavy (non-hydrogen) atoms. The summed E-state index contributed by atoms with van der Waals surface area (Å²) >= 11 is 0. The molecule has 1 fully saturated rings. The standard InChI is InChI=1S/C14H19N3O2/c1-17(9-12(18)16-11-7-8-11)14(19)13(15)10-5-3-2-4-6-10/h2-6,11,13H,7-9,15H2,1H3,(H,16,18). The summed E-state index contributed by atoms with van der Waals surface area (Å²) in [5.74, 6) is -0.379. The van der Waals surface area contributed by atoms with E-state index in [1.54, 1.807) is 19.2 Å². The second kappa shape index (κ2) is 5.84. The fraction of sp³-hybridized carbons (Fsp3) is 0.429. The molecule has 1 atom stereocenters. The Bertz CT molecular complexity index is 457. The first-order chi connectivity index (χ1) is 9.08. The van der Waals surface area contributed by atoms with Crippen LogP contribution in [0, 0.1) is 0 Å². The number of carbonyl (C=O) groups excluding carboxylic acids is 2. The smallest absolute Gasteiger partial charge is 0.244 e. The van der Waals surface area contributed by atoms with Crippen LogP contribution in [0.3, 0.4) is 0 Å². The van der Waals surface area contributed by atoms with Gasteiger partial charge in [0.15, 0.2) is 0 Å². The van der Waals surface area contributed by atoms with E-state index in [2.05, 4.69) is 5.32 Å². The molecular formula is C14H19N3O2. The van der Waals surface area contributed by atoms with Crippen molar-refractivity contribution in [2.75, 3.05) is 13.6 Å². The number of benzene rings is 1. The zero-order valence-corrected chi connectivity index (χ0v) is 11.0. The molecule has 0 saturated heterocycles. The fourth-order valence-electron chi connectivity index (χ4n) is 1.83. The van der Waals surface area contributed by atoms with Crippen molar-refractivity contribution in [1.82, 2.24) is 10.2 Å². The van der Waals surface area contributed by atoms with Gasteiger partial charge in [0.2, 0.25) is 11.8 Å². The second-order valence-electron chi connectivity index (χ2n) is 4.92. The number of hydrogen-bond acceptors (Lipinski definition) is 3. The monoisotopic (exact) mass is 261 g/mol. The van der Waals surface area contributed by atoms with E-state index in [1.165, 1.54) is 4.90 Å². The van der Waals surface area contributed by atoms with Gasteiger partial charge in [-0.25, -0.2) is 0 Å². The predicted molar refractivity (Wildman–Crippen MR) is 72.2 cm³/mol. The van der Waals surface area contributed by atoms with Gasteiger partial charge in [-0.1, -0.05) is 30.3 Å². The normalized spacial score (nSPS) is 15.7. The quantitative estimate of drug-likeness (QED) is 0.806. The summed E-state index contributed by atoms with van der Waals surface area (Å²) in [5.41, 5.74) is 6.66. The zero-order valence-electron chi connectivity index (χ0n) is 11.0. The molecule has 1 aliphatic carbocycles. The van der Waals surface area contributed by atoms with E-state index in [4.69, 9.17) is 5.73 Å². The van der Waals surface area contributed by atoms with Gasteiger partial charge in [-0.15, -0.1) is 0 Å². The summed E-state index contributed by atoms with van der Waals surface area (Å²) in [4.78, 5) is 25.1. The molecule has 0 spiro atoms. The number of nitrogens with two attached hydrogens (primary N) is 1. The van der Waals surface area contributed by atoms with E-state index in [9.17, 15) is 9.59 Å². The van der Waals surface area contributed by atoms with E-state index >= 15 is 0 Å². The summed E-state index contributed by atoms with van der Waals surface area (Å²) in [6, 6.07) is 8.73. The highest BCUT2D eigenvalue weighted by molar-refractivity contribution is 5.88. The van der Waals surface area contributed by atoms with E-state index in [1.807, 2.05) is 18.2 Å². The summed E-state index contributed by atoms with van der Waals surface area (Å²) in [5, 5.41) is 2.84. The van der Waals surface area contributed by atoms with Crippen LogP contribution in [-0.4, -0.2) is 36.3 Å². The fourth-order valence-corrected chi connectivity index (χ4v) is 1.83. The molecule has 0 heterocycles. The van der Waals surface area contributed by atoms with Gasteiger partial charge < -0.3 is 16.0 Å². The first-order valence-electron chi connectivity index (χ1n) is 6.43. The maximum Gasteiger partial charge on any atom is 0.244 e. The molecule has 0 aromatic heterocycles. The van der Waals surface area contributed by atoms with E-state index in [0.717, 1.165) is 18.4 Å². The average molecular weight is 261 g/mol. The summed E-state index contributed by atoms with van der Waals surface area (Å²) in [6.45, 7) is 0.0515. The Morgan fingerprint density at radius 3 is 2.58 bits per heavy atom. The van der Waals surface area contributed by atoms with Crippen molar-refractivity contribution in [2.24, 2.45) is 5.73 Å². The number of amides is 2. The zero-order chi connectivity index (χ0) is 13.8. The van der Waals surface area contributed by atoms with Crippen molar-refractivity contribution < 1.29 is 9.59 Å². The summed E-state index contributed by atoms with van der Waals surface area (Å²) in [7, 11) is 1.59. The lowest BCUT2D eigenvalue weighted by Crippen LogP contribution is -2.42. The Kier molecular flexibility index (Phi) is 4.16. The van der Waals surface area contributed by atoms with Gasteiger partial charge in [0.05, 0.1) is 6.54 Å². The third-order valence-corrected chi connectivity index (χ3v) is 3.12. The molecule has 1 aromatic carbocycles. The van der Waals surface area contributed by atoms with Gasteiger partial charge in [-0.2, -0.15) is 0 Å². The molecule has 5 heteroatoms. The molecule has 1 saturated carbocycles. The summed E-state index contributed by atoms with van der Waals surface area (Å²) in [6.07, 6.45) is 2.07. The third kappa shape index (κ3) is 3.79. The predicted octanol–water partition coefficient (Wildman–Crippen LogP) is 0.423. The SMILES string of the molecule is CN(CC(=O)NC1CC1)C(=O)C(N)c1ccccc1. The van der Waals surface area contributed by atoms with Crippen molar-refractivity contribution in [3.8, 4) is 0 Å². The van der Waals surface area contributed by atoms with Gasteiger partial charge in [0, 0.05) is 13.1 Å². The van der Waals surface area contributed by atoms with E-state index in [0.29, 0.717) is 6.04 Å². The minimum atomic E-state index is -0.722. The van der Waals surface area contributed by atoms with Gasteiger partial charge in [-0.3, -0.25) is 9.59 Å². The Balaban J connectivity index is 1.88. The Hall–Kier alpha value is -1.88. The molecule has 102 valence electrons. The summed E-state index contributed by atoms with van der Waals surface area (Å²) < 4.78 is 0. The molecule has 3 N–H and O–H groups in total. The van der Waals surface area contributed by atoms with Crippen LogP contribution >= 0.6 is 0 Å². The van der Waals surface area contributed by atoms with Crippen LogP contribution in [-0.2, 0) is 9.59 Å². The maximum atomic E-state index is 12.1. The lowest BCUT2D eigenvalue weighted by Gasteiger charge is -2.21. The molecule has 1 aromatic rings. The molecule has 5 nitrogen and oxygen atoms in total. The molecule has 0 bridgehead atoms. The lowest BCUT2D eigenvalue weighted by molar-refractivity contribution is -0.135. The number of rotatable bonds is 5. The largest absolute Gasteiger partial charge is 0.352 e. The van der Waals surface area contributed by atoms with Crippen LogP contribution in [0.1, 0.15) is 24.4 Å². The number of carbonyl (C=O) groups is 2. The Labute approximate surface area is 112 Å². The molecule has 1 aliphatic rings. The van der Waals surface area contributed by atoms with Crippen molar-refractivity contribution in [3.05, 3.63) is 35.9 Å². The van der Waals surface area contributed by atoms with Gasteiger partial charge in [0.1, 0.15) is 6.04 Å². The van der Waals surface area contributed by atoms with E-state index < -0.39 is 6.04 Å². The minimum absolute atomic E-state index is 0.0515. The first kappa shape index (κ1) is 13.5. The van der Waals surface area contributed by atoms with Crippen molar-refractivity contribution in [3.63, 3.8) is 0 Å². The molecule has 0 radical (unpaired) electrons. The van der Waals surface area contributed by atoms with Crippen molar-refractivity contribution >= 4 is 11.8 Å². The third-order valence-electron chi connectivity index (χ3n) is 3.12. The van der Waals surface area contributed by atoms with Crippen molar-refractivity contribution in [2.45, 2.75) is 24.9 Å². The molecule has 0 aliphatic heterocycles. The second-order valence-corrected chi connectivity index (χ2v) is 4.92. The molecular weight excluding hydrogens is 242 g/mol. The van der Waals surface area contributed by atoms with E-state index in [-0.39, 0.29) is 18.4 Å². The highest BCUT2D eigenvalue weighted by atomic mass is 16.2. The van der Waals surface area contributed by atoms with Crippen LogP contribution in [0.2, 0.25) is 0 Å². The van der Waals surface area contributed by atoms with Gasteiger partial charge in [0.25, 0.3) is 0 Å². The van der Waals surface area contributed by atoms with Gasteiger partial charge in [-0.05, 0) is 18.4 Å². The Morgan fingerprint density at radius 1 is 1.37 bits per heavy atom. The lowest BCUT2D eigenvalue weighted by atomic mass is 10.1. The first-order valence-corrected chi connectivity index (χ1v) is 6.43. The molecule has 2 rings (SSSR count). The average Bonchev–Trinajstić information content (AvgIpc) is 3.21. The van der Waals surface area contributed by atoms with Crippen molar-refractivity contribution in [1.29, 1.82) is 0 Å². The van der Waals surface area contributed by atoms with Crippen LogP contribution in [0.5, 0.6) is 0 Å². The number of likely N-dealkylation sites (N-methyl/N-ethyl adjacent to an activating group) is 1. The molecule has 2 amide bonds. The highest BCUT2D eigenvalue weighted by Gasteiger charge is 2.25. The highest BCUT2D eigenvalue weighted by Crippen LogP contribution is 2.18. The van der Waals surface area contributed by atoms with Gasteiger partial charge >= 0.3 is 0 Å². The van der Waals surface area contributed by atoms with Crippen LogP contribution in [0.4, 0.5) is 0 Å². The number of nitrogens with zero attached hydrogens (tertiary/aromatic N) is 1. The number of hydrogen-bond donors (Lipinski definition) is 2. The van der Waals surface area contributed by atoms with Crippen LogP contribution < -0.4 is 11.1 Å². The number of nitrogens with one attached hydrogen (secondary N) is 1. The van der Waals surface area contributed by atoms with Crippen LogP contribution in [0.15, 0.2) is 30.3 Å². The Morgan fingerprint density at radius 2 is 2.00 bits per heavy atom. The maximum absolute atomic E-state index is 12.1. The van der Waals surface area contributed by atoms with Crippen LogP contribution in [0.25, 0.3) is 0 Å².